The molecule has 4 heteroatoms. The van der Waals surface area contributed by atoms with E-state index in [0.717, 1.165) is 23.2 Å². The molecule has 0 radical (unpaired) electrons. The van der Waals surface area contributed by atoms with Crippen LogP contribution in [0.15, 0.2) is 35.3 Å². The lowest BCUT2D eigenvalue weighted by atomic mass is 10.2. The van der Waals surface area contributed by atoms with Gasteiger partial charge in [-0.25, -0.2) is 0 Å². The fourth-order valence-corrected chi connectivity index (χ4v) is 1.93. The summed E-state index contributed by atoms with van der Waals surface area (Å²) in [6, 6.07) is 7.81. The molecule has 0 aliphatic rings. The highest BCUT2D eigenvalue weighted by Gasteiger charge is 2.07. The molecular weight excluding hydrogens is 280 g/mol. The molecule has 0 aliphatic heterocycles. The van der Waals surface area contributed by atoms with Crippen molar-refractivity contribution < 1.29 is 4.74 Å². The summed E-state index contributed by atoms with van der Waals surface area (Å²) in [5, 5.41) is 8.86. The Bertz CT molecular complexity index is 426. The summed E-state index contributed by atoms with van der Waals surface area (Å²) in [5.41, 5.74) is 1.69. The Labute approximate surface area is 110 Å². The smallest absolute Gasteiger partial charge is 0.100 e. The van der Waals surface area contributed by atoms with Crippen molar-refractivity contribution in [2.45, 2.75) is 0 Å². The van der Waals surface area contributed by atoms with Gasteiger partial charge in [-0.1, -0.05) is 6.08 Å². The molecule has 1 aromatic rings. The van der Waals surface area contributed by atoms with Gasteiger partial charge in [0.05, 0.1) is 12.2 Å². The first-order valence-corrected chi connectivity index (χ1v) is 6.06. The number of anilines is 1. The van der Waals surface area contributed by atoms with Crippen LogP contribution in [0, 0.1) is 11.3 Å². The SMILES string of the molecule is C=CCN(CCOC)c1ccc(C#N)c(Br)c1. The second kappa shape index (κ2) is 7.10. The minimum absolute atomic E-state index is 0.638. The quantitative estimate of drug-likeness (QED) is 0.757. The second-order valence-electron chi connectivity index (χ2n) is 3.50. The van der Waals surface area contributed by atoms with Gasteiger partial charge in [-0.3, -0.25) is 0 Å². The van der Waals surface area contributed by atoms with E-state index in [4.69, 9.17) is 10.00 Å². The van der Waals surface area contributed by atoms with Crippen LogP contribution in [0.1, 0.15) is 5.56 Å². The van der Waals surface area contributed by atoms with Crippen LogP contribution in [0.2, 0.25) is 0 Å². The molecule has 0 saturated heterocycles. The lowest BCUT2D eigenvalue weighted by Gasteiger charge is -2.23. The molecule has 0 amide bonds. The molecule has 17 heavy (non-hydrogen) atoms. The molecule has 1 aromatic carbocycles. The number of methoxy groups -OCH3 is 1. The average molecular weight is 295 g/mol. The van der Waals surface area contributed by atoms with E-state index in [0.29, 0.717) is 12.2 Å². The summed E-state index contributed by atoms with van der Waals surface area (Å²) >= 11 is 3.39. The Balaban J connectivity index is 2.90. The highest BCUT2D eigenvalue weighted by Crippen LogP contribution is 2.23. The molecule has 3 nitrogen and oxygen atoms in total. The number of nitriles is 1. The zero-order chi connectivity index (χ0) is 12.7. The van der Waals surface area contributed by atoms with Gasteiger partial charge in [0, 0.05) is 30.4 Å². The Morgan fingerprint density at radius 2 is 2.35 bits per heavy atom. The van der Waals surface area contributed by atoms with E-state index >= 15 is 0 Å². The molecule has 0 N–H and O–H groups in total. The van der Waals surface area contributed by atoms with Gasteiger partial charge in [0.15, 0.2) is 0 Å². The zero-order valence-electron chi connectivity index (χ0n) is 9.82. The van der Waals surface area contributed by atoms with E-state index < -0.39 is 0 Å². The Hall–Kier alpha value is -1.31. The maximum Gasteiger partial charge on any atom is 0.100 e. The molecule has 0 bridgehead atoms. The first-order chi connectivity index (χ1) is 8.22. The molecule has 0 saturated carbocycles. The van der Waals surface area contributed by atoms with Gasteiger partial charge in [-0.2, -0.15) is 5.26 Å². The minimum atomic E-state index is 0.638. The number of nitrogens with zero attached hydrogens (tertiary/aromatic N) is 2. The summed E-state index contributed by atoms with van der Waals surface area (Å²) < 4.78 is 5.88. The summed E-state index contributed by atoms with van der Waals surface area (Å²) in [6.07, 6.45) is 1.85. The van der Waals surface area contributed by atoms with E-state index in [1.807, 2.05) is 24.3 Å². The maximum atomic E-state index is 8.86. The van der Waals surface area contributed by atoms with Crippen LogP contribution in [-0.2, 0) is 4.74 Å². The fourth-order valence-electron chi connectivity index (χ4n) is 1.47. The predicted molar refractivity (Wildman–Crippen MR) is 73.1 cm³/mol. The number of halogens is 1. The molecule has 0 atom stereocenters. The van der Waals surface area contributed by atoms with Crippen LogP contribution in [-0.4, -0.2) is 26.8 Å². The molecular formula is C13H15BrN2O. The van der Waals surface area contributed by atoms with Crippen LogP contribution < -0.4 is 4.90 Å². The molecule has 0 fully saturated rings. The predicted octanol–water partition coefficient (Wildman–Crippen LogP) is 2.96. The van der Waals surface area contributed by atoms with Crippen LogP contribution in [0.25, 0.3) is 0 Å². The van der Waals surface area contributed by atoms with Crippen molar-refractivity contribution in [3.05, 3.63) is 40.9 Å². The van der Waals surface area contributed by atoms with Crippen molar-refractivity contribution in [3.63, 3.8) is 0 Å². The summed E-state index contributed by atoms with van der Waals surface area (Å²) in [5.74, 6) is 0. The molecule has 1 rings (SSSR count). The zero-order valence-corrected chi connectivity index (χ0v) is 11.4. The van der Waals surface area contributed by atoms with Crippen molar-refractivity contribution in [3.8, 4) is 6.07 Å². The maximum absolute atomic E-state index is 8.86. The number of rotatable bonds is 6. The van der Waals surface area contributed by atoms with Gasteiger partial charge < -0.3 is 9.64 Å². The van der Waals surface area contributed by atoms with Gasteiger partial charge in [-0.15, -0.1) is 6.58 Å². The molecule has 0 unspecified atom stereocenters. The van der Waals surface area contributed by atoms with Gasteiger partial charge >= 0.3 is 0 Å². The highest BCUT2D eigenvalue weighted by atomic mass is 79.9. The minimum Gasteiger partial charge on any atom is -0.383 e. The van der Waals surface area contributed by atoms with E-state index in [1.54, 1.807) is 7.11 Å². The Kier molecular flexibility index (Phi) is 5.75. The molecule has 0 heterocycles. The third-order valence-corrected chi connectivity index (χ3v) is 3.01. The first kappa shape index (κ1) is 13.8. The van der Waals surface area contributed by atoms with Crippen molar-refractivity contribution in [2.75, 3.05) is 31.7 Å². The summed E-state index contributed by atoms with van der Waals surface area (Å²) in [4.78, 5) is 2.14. The van der Waals surface area contributed by atoms with E-state index in [-0.39, 0.29) is 0 Å². The van der Waals surface area contributed by atoms with Gasteiger partial charge in [0.1, 0.15) is 6.07 Å². The number of hydrogen-bond acceptors (Lipinski definition) is 3. The Morgan fingerprint density at radius 3 is 2.88 bits per heavy atom. The first-order valence-electron chi connectivity index (χ1n) is 5.27. The van der Waals surface area contributed by atoms with Crippen LogP contribution in [0.4, 0.5) is 5.69 Å². The normalized spacial score (nSPS) is 9.71. The molecule has 0 aromatic heterocycles. The summed E-state index contributed by atoms with van der Waals surface area (Å²) in [7, 11) is 1.68. The average Bonchev–Trinajstić information content (AvgIpc) is 2.34. The largest absolute Gasteiger partial charge is 0.383 e. The third kappa shape index (κ3) is 3.88. The Morgan fingerprint density at radius 1 is 1.59 bits per heavy atom. The van der Waals surface area contributed by atoms with Gasteiger partial charge in [0.2, 0.25) is 0 Å². The van der Waals surface area contributed by atoms with E-state index in [2.05, 4.69) is 33.5 Å². The highest BCUT2D eigenvalue weighted by molar-refractivity contribution is 9.10. The van der Waals surface area contributed by atoms with Gasteiger partial charge in [0.25, 0.3) is 0 Å². The number of ether oxygens (including phenoxy) is 1. The van der Waals surface area contributed by atoms with Crippen LogP contribution in [0.5, 0.6) is 0 Å². The molecule has 0 spiro atoms. The topological polar surface area (TPSA) is 36.3 Å². The molecule has 0 aliphatic carbocycles. The standard InChI is InChI=1S/C13H15BrN2O/c1-3-6-16(7-8-17-2)12-5-4-11(10-15)13(14)9-12/h3-5,9H,1,6-8H2,2H3. The third-order valence-electron chi connectivity index (χ3n) is 2.35. The van der Waals surface area contributed by atoms with Crippen molar-refractivity contribution in [1.29, 1.82) is 5.26 Å². The van der Waals surface area contributed by atoms with Crippen LogP contribution in [0.3, 0.4) is 0 Å². The lowest BCUT2D eigenvalue weighted by Crippen LogP contribution is -2.27. The van der Waals surface area contributed by atoms with Crippen molar-refractivity contribution in [1.82, 2.24) is 0 Å². The van der Waals surface area contributed by atoms with Crippen molar-refractivity contribution in [2.24, 2.45) is 0 Å². The lowest BCUT2D eigenvalue weighted by molar-refractivity contribution is 0.206. The number of benzene rings is 1. The van der Waals surface area contributed by atoms with E-state index in [9.17, 15) is 0 Å². The summed E-state index contributed by atoms with van der Waals surface area (Å²) in [6.45, 7) is 5.95. The fraction of sp³-hybridized carbons (Fsp3) is 0.308. The number of hydrogen-bond donors (Lipinski definition) is 0. The monoisotopic (exact) mass is 294 g/mol. The van der Waals surface area contributed by atoms with Crippen molar-refractivity contribution >= 4 is 21.6 Å². The van der Waals surface area contributed by atoms with Gasteiger partial charge in [-0.05, 0) is 34.1 Å². The second-order valence-corrected chi connectivity index (χ2v) is 4.36. The van der Waals surface area contributed by atoms with E-state index in [1.165, 1.54) is 0 Å². The van der Waals surface area contributed by atoms with Crippen LogP contribution >= 0.6 is 15.9 Å². The molecule has 90 valence electrons.